The molecule has 25 heavy (non-hydrogen) atoms. The van der Waals surface area contributed by atoms with Crippen molar-refractivity contribution in [3.63, 3.8) is 0 Å². The topological polar surface area (TPSA) is 60.3 Å². The summed E-state index contributed by atoms with van der Waals surface area (Å²) in [5.74, 6) is 0.303. The number of benzene rings is 2. The molecular formula is C18H17ClN2O3S. The van der Waals surface area contributed by atoms with Crippen molar-refractivity contribution in [2.24, 2.45) is 0 Å². The van der Waals surface area contributed by atoms with Gasteiger partial charge in [0.05, 0.1) is 10.2 Å². The Morgan fingerprint density at radius 3 is 2.68 bits per heavy atom. The Morgan fingerprint density at radius 1 is 1.28 bits per heavy atom. The third kappa shape index (κ3) is 3.86. The second kappa shape index (κ2) is 7.29. The molecule has 0 radical (unpaired) electrons. The van der Waals surface area contributed by atoms with E-state index < -0.39 is 6.10 Å². The first-order valence-electron chi connectivity index (χ1n) is 7.84. The maximum absolute atomic E-state index is 12.3. The molecule has 0 aliphatic rings. The van der Waals surface area contributed by atoms with E-state index in [-0.39, 0.29) is 10.8 Å². The van der Waals surface area contributed by atoms with Crippen molar-refractivity contribution < 1.29 is 9.53 Å². The van der Waals surface area contributed by atoms with Gasteiger partial charge in [0.15, 0.2) is 6.10 Å². The van der Waals surface area contributed by atoms with Crippen LogP contribution in [-0.4, -0.2) is 16.6 Å². The van der Waals surface area contributed by atoms with E-state index in [4.69, 9.17) is 16.3 Å². The molecule has 0 aliphatic heterocycles. The smallest absolute Gasteiger partial charge is 0.308 e. The van der Waals surface area contributed by atoms with Crippen LogP contribution in [0.15, 0.2) is 47.3 Å². The van der Waals surface area contributed by atoms with Gasteiger partial charge >= 0.3 is 4.87 Å². The normalized spacial score (nSPS) is 12.1. The number of rotatable bonds is 5. The highest BCUT2D eigenvalue weighted by atomic mass is 35.5. The molecule has 3 aromatic rings. The van der Waals surface area contributed by atoms with Gasteiger partial charge in [0.2, 0.25) is 0 Å². The number of carbonyl (C=O) groups excluding carboxylic acids is 1. The predicted octanol–water partition coefficient (Wildman–Crippen LogP) is 4.14. The van der Waals surface area contributed by atoms with Gasteiger partial charge in [0.25, 0.3) is 5.91 Å². The highest BCUT2D eigenvalue weighted by Crippen LogP contribution is 2.22. The van der Waals surface area contributed by atoms with Crippen LogP contribution in [0.5, 0.6) is 5.75 Å². The molecule has 0 aliphatic carbocycles. The summed E-state index contributed by atoms with van der Waals surface area (Å²) in [4.78, 5) is 24.2. The molecule has 130 valence electrons. The lowest BCUT2D eigenvalue weighted by atomic mass is 10.2. The maximum Gasteiger partial charge on any atom is 0.308 e. The fraction of sp³-hybridized carbons (Fsp3) is 0.222. The summed E-state index contributed by atoms with van der Waals surface area (Å²) in [5.41, 5.74) is 1.51. The van der Waals surface area contributed by atoms with Crippen LogP contribution in [0.1, 0.15) is 13.8 Å². The molecular weight excluding hydrogens is 360 g/mol. The summed E-state index contributed by atoms with van der Waals surface area (Å²) in [5, 5.41) is 3.42. The van der Waals surface area contributed by atoms with Gasteiger partial charge in [-0.15, -0.1) is 0 Å². The third-order valence-electron chi connectivity index (χ3n) is 3.75. The van der Waals surface area contributed by atoms with E-state index in [0.717, 1.165) is 10.2 Å². The Labute approximate surface area is 153 Å². The van der Waals surface area contributed by atoms with Crippen molar-refractivity contribution in [1.82, 2.24) is 4.57 Å². The zero-order chi connectivity index (χ0) is 18.0. The number of fused-ring (bicyclic) bond motifs is 1. The predicted molar refractivity (Wildman–Crippen MR) is 102 cm³/mol. The molecule has 0 spiro atoms. The molecule has 1 amide bonds. The standard InChI is InChI=1S/C18H17ClN2O3S/c1-3-21-15-9-6-13(10-16(15)25-18(21)23)20-17(22)11(2)24-14-7-4-12(19)5-8-14/h4-11H,3H2,1-2H3,(H,20,22). The Kier molecular flexibility index (Phi) is 5.11. The fourth-order valence-corrected chi connectivity index (χ4v) is 3.58. The number of nitrogens with zero attached hydrogens (tertiary/aromatic N) is 1. The summed E-state index contributed by atoms with van der Waals surface area (Å²) < 4.78 is 8.16. The summed E-state index contributed by atoms with van der Waals surface area (Å²) in [6.45, 7) is 4.23. The van der Waals surface area contributed by atoms with Crippen molar-refractivity contribution in [3.8, 4) is 5.75 Å². The lowest BCUT2D eigenvalue weighted by Crippen LogP contribution is -2.30. The number of halogens is 1. The van der Waals surface area contributed by atoms with Crippen LogP contribution < -0.4 is 14.9 Å². The van der Waals surface area contributed by atoms with Crippen LogP contribution in [0.2, 0.25) is 5.02 Å². The van der Waals surface area contributed by atoms with Crippen molar-refractivity contribution in [2.75, 3.05) is 5.32 Å². The van der Waals surface area contributed by atoms with Gasteiger partial charge in [-0.2, -0.15) is 0 Å². The lowest BCUT2D eigenvalue weighted by Gasteiger charge is -2.15. The molecule has 1 unspecified atom stereocenters. The second-order valence-electron chi connectivity index (χ2n) is 5.50. The van der Waals surface area contributed by atoms with Crippen LogP contribution in [0.3, 0.4) is 0 Å². The monoisotopic (exact) mass is 376 g/mol. The molecule has 1 atom stereocenters. The van der Waals surface area contributed by atoms with Gasteiger partial charge < -0.3 is 10.1 Å². The SMILES string of the molecule is CCn1c(=O)sc2cc(NC(=O)C(C)Oc3ccc(Cl)cc3)ccc21. The van der Waals surface area contributed by atoms with Crippen LogP contribution in [-0.2, 0) is 11.3 Å². The number of hydrogen-bond acceptors (Lipinski definition) is 4. The van der Waals surface area contributed by atoms with Gasteiger partial charge in [-0.3, -0.25) is 14.2 Å². The number of nitrogens with one attached hydrogen (secondary N) is 1. The van der Waals surface area contributed by atoms with E-state index in [9.17, 15) is 9.59 Å². The minimum absolute atomic E-state index is 0.000385. The van der Waals surface area contributed by atoms with Crippen LogP contribution in [0.25, 0.3) is 10.2 Å². The van der Waals surface area contributed by atoms with E-state index in [1.54, 1.807) is 47.9 Å². The van der Waals surface area contributed by atoms with E-state index in [2.05, 4.69) is 5.32 Å². The van der Waals surface area contributed by atoms with Crippen molar-refractivity contribution in [2.45, 2.75) is 26.5 Å². The van der Waals surface area contributed by atoms with Gasteiger partial charge in [0.1, 0.15) is 5.75 Å². The Hall–Kier alpha value is -2.31. The molecule has 0 saturated carbocycles. The largest absolute Gasteiger partial charge is 0.481 e. The molecule has 0 fully saturated rings. The van der Waals surface area contributed by atoms with Crippen LogP contribution >= 0.6 is 22.9 Å². The number of hydrogen-bond donors (Lipinski definition) is 1. The minimum atomic E-state index is -0.671. The summed E-state index contributed by atoms with van der Waals surface area (Å²) in [6, 6.07) is 12.3. The first-order valence-corrected chi connectivity index (χ1v) is 9.04. The number of carbonyl (C=O) groups is 1. The van der Waals surface area contributed by atoms with E-state index in [1.165, 1.54) is 11.3 Å². The zero-order valence-electron chi connectivity index (χ0n) is 13.8. The third-order valence-corrected chi connectivity index (χ3v) is 4.94. The number of aromatic nitrogens is 1. The minimum Gasteiger partial charge on any atom is -0.481 e. The number of aryl methyl sites for hydroxylation is 1. The van der Waals surface area contributed by atoms with Crippen molar-refractivity contribution in [3.05, 3.63) is 57.2 Å². The van der Waals surface area contributed by atoms with Crippen LogP contribution in [0.4, 0.5) is 5.69 Å². The molecule has 5 nitrogen and oxygen atoms in total. The van der Waals surface area contributed by atoms with Gasteiger partial charge in [-0.05, 0) is 56.3 Å². The number of thiazole rings is 1. The highest BCUT2D eigenvalue weighted by molar-refractivity contribution is 7.16. The lowest BCUT2D eigenvalue weighted by molar-refractivity contribution is -0.122. The first kappa shape index (κ1) is 17.5. The molecule has 7 heteroatoms. The van der Waals surface area contributed by atoms with Gasteiger partial charge in [-0.1, -0.05) is 22.9 Å². The van der Waals surface area contributed by atoms with Crippen LogP contribution in [0, 0.1) is 0 Å². The Balaban J connectivity index is 1.72. The Bertz CT molecular complexity index is 963. The highest BCUT2D eigenvalue weighted by Gasteiger charge is 2.16. The van der Waals surface area contributed by atoms with E-state index in [1.807, 2.05) is 13.0 Å². The quantitative estimate of drug-likeness (QED) is 0.727. The average Bonchev–Trinajstić information content (AvgIpc) is 2.91. The molecule has 0 bridgehead atoms. The van der Waals surface area contributed by atoms with Crippen molar-refractivity contribution in [1.29, 1.82) is 0 Å². The maximum atomic E-state index is 12.3. The zero-order valence-corrected chi connectivity index (χ0v) is 15.4. The summed E-state index contributed by atoms with van der Waals surface area (Å²) in [7, 11) is 0. The molecule has 2 aromatic carbocycles. The Morgan fingerprint density at radius 2 is 2.00 bits per heavy atom. The van der Waals surface area contributed by atoms with E-state index >= 15 is 0 Å². The number of anilines is 1. The van der Waals surface area contributed by atoms with E-state index in [0.29, 0.717) is 23.0 Å². The average molecular weight is 377 g/mol. The first-order chi connectivity index (χ1) is 12.0. The van der Waals surface area contributed by atoms with Crippen molar-refractivity contribution >= 4 is 44.7 Å². The summed E-state index contributed by atoms with van der Waals surface area (Å²) in [6.07, 6.45) is -0.671. The number of amides is 1. The fourth-order valence-electron chi connectivity index (χ4n) is 2.46. The number of ether oxygens (including phenoxy) is 1. The van der Waals surface area contributed by atoms with Gasteiger partial charge in [-0.25, -0.2) is 0 Å². The molecule has 0 saturated heterocycles. The molecule has 1 heterocycles. The molecule has 1 N–H and O–H groups in total. The molecule has 3 rings (SSSR count). The van der Waals surface area contributed by atoms with Gasteiger partial charge in [0, 0.05) is 17.3 Å². The second-order valence-corrected chi connectivity index (χ2v) is 6.93. The summed E-state index contributed by atoms with van der Waals surface area (Å²) >= 11 is 7.00. The molecule has 1 aromatic heterocycles.